The molecule has 0 spiro atoms. The minimum absolute atomic E-state index is 0.164. The third kappa shape index (κ3) is 3.57. The van der Waals surface area contributed by atoms with E-state index < -0.39 is 0 Å². The Bertz CT molecular complexity index is 310. The molecule has 1 N–H and O–H groups in total. The summed E-state index contributed by atoms with van der Waals surface area (Å²) >= 11 is 1.35. The zero-order chi connectivity index (χ0) is 8.65. The largest absolute Gasteiger partial charge is 0.268 e. The first-order valence-electron chi connectivity index (χ1n) is 3.10. The second-order valence-electron chi connectivity index (χ2n) is 1.70. The van der Waals surface area contributed by atoms with Gasteiger partial charge in [-0.3, -0.25) is 4.79 Å². The van der Waals surface area contributed by atoms with Gasteiger partial charge in [0, 0.05) is 17.6 Å². The van der Waals surface area contributed by atoms with Gasteiger partial charge in [-0.15, -0.1) is 5.10 Å². The predicted molar refractivity (Wildman–Crippen MR) is 44.8 cm³/mol. The first-order valence-corrected chi connectivity index (χ1v) is 3.94. The number of aromatic nitrogens is 4. The lowest BCUT2D eigenvalue weighted by atomic mass is 10.6. The Hall–Kier alpha value is -1.56. The van der Waals surface area contributed by atoms with Crippen LogP contribution in [0.25, 0.3) is 0 Å². The van der Waals surface area contributed by atoms with Crippen molar-refractivity contribution in [2.24, 2.45) is 0 Å². The molecule has 0 aliphatic heterocycles. The molecule has 0 radical (unpaired) electrons. The zero-order valence-electron chi connectivity index (χ0n) is 6.04. The number of aromatic amines is 1. The Morgan fingerprint density at radius 3 is 2.58 bits per heavy atom. The molecule has 0 bridgehead atoms. The number of rotatable bonds is 0. The van der Waals surface area contributed by atoms with Crippen LogP contribution >= 0.6 is 11.5 Å². The van der Waals surface area contributed by atoms with Crippen molar-refractivity contribution in [1.82, 2.24) is 19.8 Å². The second kappa shape index (κ2) is 5.14. The van der Waals surface area contributed by atoms with Crippen molar-refractivity contribution in [1.29, 1.82) is 0 Å². The molecule has 0 saturated heterocycles. The Labute approximate surface area is 72.3 Å². The lowest BCUT2D eigenvalue weighted by molar-refractivity contribution is 0.988. The molecule has 0 aliphatic rings. The molecule has 2 aromatic heterocycles. The van der Waals surface area contributed by atoms with E-state index in [0.29, 0.717) is 0 Å². The molecule has 62 valence electrons. The zero-order valence-corrected chi connectivity index (χ0v) is 6.86. The Kier molecular flexibility index (Phi) is 3.65. The van der Waals surface area contributed by atoms with Crippen LogP contribution in [0.5, 0.6) is 0 Å². The number of nitrogens with one attached hydrogen (secondary N) is 1. The quantitative estimate of drug-likeness (QED) is 0.636. The summed E-state index contributed by atoms with van der Waals surface area (Å²) in [6.07, 6.45) is 3.17. The predicted octanol–water partition coefficient (Wildman–Crippen LogP) is 0.308. The van der Waals surface area contributed by atoms with Gasteiger partial charge in [0.2, 0.25) is 0 Å². The summed E-state index contributed by atoms with van der Waals surface area (Å²) in [7, 11) is 0. The maximum Gasteiger partial charge on any atom is 0.264 e. The molecule has 5 nitrogen and oxygen atoms in total. The molecule has 0 fully saturated rings. The van der Waals surface area contributed by atoms with E-state index in [9.17, 15) is 4.79 Å². The average molecular weight is 182 g/mol. The lowest BCUT2D eigenvalue weighted by Crippen LogP contribution is -2.02. The van der Waals surface area contributed by atoms with Crippen molar-refractivity contribution in [2.75, 3.05) is 0 Å². The minimum Gasteiger partial charge on any atom is -0.268 e. The summed E-state index contributed by atoms with van der Waals surface area (Å²) in [5.41, 5.74) is -0.164. The maximum absolute atomic E-state index is 10.2. The van der Waals surface area contributed by atoms with Crippen LogP contribution in [0.3, 0.4) is 0 Å². The van der Waals surface area contributed by atoms with Gasteiger partial charge in [0.15, 0.2) is 0 Å². The summed E-state index contributed by atoms with van der Waals surface area (Å²) in [6.45, 7) is 0. The summed E-state index contributed by atoms with van der Waals surface area (Å²) in [6, 6.07) is 2.99. The Balaban J connectivity index is 0.000000127. The van der Waals surface area contributed by atoms with Crippen molar-refractivity contribution in [3.05, 3.63) is 40.3 Å². The molecule has 2 aromatic rings. The smallest absolute Gasteiger partial charge is 0.264 e. The van der Waals surface area contributed by atoms with Gasteiger partial charge in [0.05, 0.1) is 6.20 Å². The lowest BCUT2D eigenvalue weighted by Gasteiger charge is -1.72. The van der Waals surface area contributed by atoms with E-state index in [-0.39, 0.29) is 5.56 Å². The molecule has 0 atom stereocenters. The summed E-state index contributed by atoms with van der Waals surface area (Å²) in [5, 5.41) is 11.0. The fraction of sp³-hybridized carbons (Fsp3) is 0. The molecule has 0 aromatic carbocycles. The highest BCUT2D eigenvalue weighted by Crippen LogP contribution is 1.78. The van der Waals surface area contributed by atoms with Crippen LogP contribution < -0.4 is 5.56 Å². The molecular formula is C6H6N4OS. The van der Waals surface area contributed by atoms with Crippen LogP contribution in [-0.4, -0.2) is 19.8 Å². The fourth-order valence-electron chi connectivity index (χ4n) is 0.448. The van der Waals surface area contributed by atoms with E-state index in [1.165, 1.54) is 23.8 Å². The van der Waals surface area contributed by atoms with Gasteiger partial charge < -0.3 is 0 Å². The van der Waals surface area contributed by atoms with Crippen LogP contribution in [0.15, 0.2) is 34.7 Å². The number of hydrogen-bond donors (Lipinski definition) is 1. The highest BCUT2D eigenvalue weighted by Gasteiger charge is 1.70. The van der Waals surface area contributed by atoms with Gasteiger partial charge in [-0.25, -0.2) is 5.10 Å². The second-order valence-corrected chi connectivity index (χ2v) is 2.35. The highest BCUT2D eigenvalue weighted by atomic mass is 32.1. The minimum atomic E-state index is -0.164. The molecule has 2 rings (SSSR count). The van der Waals surface area contributed by atoms with Crippen molar-refractivity contribution in [3.8, 4) is 0 Å². The molecule has 0 saturated carbocycles. The van der Waals surface area contributed by atoms with E-state index in [2.05, 4.69) is 19.8 Å². The molecular weight excluding hydrogens is 176 g/mol. The van der Waals surface area contributed by atoms with Gasteiger partial charge in [-0.2, -0.15) is 5.10 Å². The van der Waals surface area contributed by atoms with Crippen LogP contribution in [0.1, 0.15) is 0 Å². The van der Waals surface area contributed by atoms with Crippen molar-refractivity contribution < 1.29 is 0 Å². The van der Waals surface area contributed by atoms with Crippen molar-refractivity contribution in [2.45, 2.75) is 0 Å². The van der Waals surface area contributed by atoms with Gasteiger partial charge in [-0.05, 0) is 17.6 Å². The standard InChI is InChI=1S/C4H4N2O.C2H2N2S/c7-4-2-1-3-5-6-4;1-2-5-4-3-1/h1-3H,(H,6,7);1-2H. The molecule has 0 unspecified atom stereocenters. The first kappa shape index (κ1) is 8.54. The Morgan fingerprint density at radius 2 is 2.33 bits per heavy atom. The molecule has 0 aliphatic carbocycles. The molecule has 0 amide bonds. The third-order valence-electron chi connectivity index (χ3n) is 0.866. The first-order chi connectivity index (χ1) is 5.89. The highest BCUT2D eigenvalue weighted by molar-refractivity contribution is 7.03. The molecule has 12 heavy (non-hydrogen) atoms. The van der Waals surface area contributed by atoms with Crippen LogP contribution in [0.4, 0.5) is 0 Å². The fourth-order valence-corrected chi connectivity index (χ4v) is 0.720. The summed E-state index contributed by atoms with van der Waals surface area (Å²) < 4.78 is 3.51. The van der Waals surface area contributed by atoms with Crippen molar-refractivity contribution in [3.63, 3.8) is 0 Å². The van der Waals surface area contributed by atoms with Crippen molar-refractivity contribution >= 4 is 11.5 Å². The molecule has 2 heterocycles. The number of nitrogens with zero attached hydrogens (tertiary/aromatic N) is 3. The SMILES string of the molecule is O=c1cccn[nH]1.c1csnn1. The van der Waals surface area contributed by atoms with E-state index in [4.69, 9.17) is 0 Å². The number of H-pyrrole nitrogens is 1. The number of hydrogen-bond acceptors (Lipinski definition) is 5. The molecule has 6 heteroatoms. The topological polar surface area (TPSA) is 71.5 Å². The van der Waals surface area contributed by atoms with E-state index >= 15 is 0 Å². The van der Waals surface area contributed by atoms with Crippen LogP contribution in [0.2, 0.25) is 0 Å². The van der Waals surface area contributed by atoms with E-state index in [1.54, 1.807) is 12.3 Å². The monoisotopic (exact) mass is 182 g/mol. The van der Waals surface area contributed by atoms with Gasteiger partial charge >= 0.3 is 0 Å². The van der Waals surface area contributed by atoms with Gasteiger partial charge in [-0.1, -0.05) is 4.49 Å². The van der Waals surface area contributed by atoms with E-state index in [1.807, 2.05) is 5.38 Å². The Morgan fingerprint density at radius 1 is 1.42 bits per heavy atom. The van der Waals surface area contributed by atoms with Gasteiger partial charge in [0.25, 0.3) is 5.56 Å². The van der Waals surface area contributed by atoms with Crippen LogP contribution in [0, 0.1) is 0 Å². The summed E-state index contributed by atoms with van der Waals surface area (Å²) in [5.74, 6) is 0. The third-order valence-corrected chi connectivity index (χ3v) is 1.30. The maximum atomic E-state index is 10.2. The van der Waals surface area contributed by atoms with Crippen LogP contribution in [-0.2, 0) is 0 Å². The normalized spacial score (nSPS) is 8.33. The average Bonchev–Trinajstić information content (AvgIpc) is 2.62. The van der Waals surface area contributed by atoms with Gasteiger partial charge in [0.1, 0.15) is 0 Å². The van der Waals surface area contributed by atoms with E-state index in [0.717, 1.165) is 0 Å². The summed E-state index contributed by atoms with van der Waals surface area (Å²) in [4.78, 5) is 10.2.